The van der Waals surface area contributed by atoms with Crippen molar-refractivity contribution < 1.29 is 5.11 Å². The summed E-state index contributed by atoms with van der Waals surface area (Å²) < 4.78 is 0. The van der Waals surface area contributed by atoms with E-state index in [1.165, 1.54) is 32.5 Å². The van der Waals surface area contributed by atoms with E-state index < -0.39 is 0 Å². The Morgan fingerprint density at radius 1 is 1.47 bits per heavy atom. The number of rotatable bonds is 7. The summed E-state index contributed by atoms with van der Waals surface area (Å²) in [4.78, 5) is 4.75. The number of aliphatic hydroxyl groups excluding tert-OH is 1. The largest absolute Gasteiger partial charge is 0.395 e. The number of hydrogen-bond acceptors (Lipinski definition) is 4. The summed E-state index contributed by atoms with van der Waals surface area (Å²) in [6.45, 7) is 5.71. The van der Waals surface area contributed by atoms with Gasteiger partial charge in [0.2, 0.25) is 0 Å². The van der Waals surface area contributed by atoms with Crippen LogP contribution in [0.3, 0.4) is 0 Å². The molecule has 1 aliphatic heterocycles. The molecule has 1 heterocycles. The lowest BCUT2D eigenvalue weighted by Crippen LogP contribution is -2.34. The summed E-state index contributed by atoms with van der Waals surface area (Å²) in [5.41, 5.74) is 0. The third kappa shape index (κ3) is 5.47. The topological polar surface area (TPSA) is 38.7 Å². The first-order valence-corrected chi connectivity index (χ1v) is 5.93. The molecule has 1 saturated heterocycles. The maximum absolute atomic E-state index is 8.71. The van der Waals surface area contributed by atoms with E-state index in [0.29, 0.717) is 6.04 Å². The van der Waals surface area contributed by atoms with Crippen LogP contribution in [0, 0.1) is 0 Å². The number of nitrogens with zero attached hydrogens (tertiary/aromatic N) is 2. The lowest BCUT2D eigenvalue weighted by atomic mass is 10.3. The van der Waals surface area contributed by atoms with E-state index in [-0.39, 0.29) is 6.61 Å². The van der Waals surface area contributed by atoms with Gasteiger partial charge in [-0.05, 0) is 46.6 Å². The highest BCUT2D eigenvalue weighted by molar-refractivity contribution is 4.80. The van der Waals surface area contributed by atoms with Gasteiger partial charge in [0.1, 0.15) is 0 Å². The van der Waals surface area contributed by atoms with Crippen LogP contribution >= 0.6 is 0 Å². The second kappa shape index (κ2) is 7.17. The molecular weight excluding hydrogens is 190 g/mol. The quantitative estimate of drug-likeness (QED) is 0.606. The summed E-state index contributed by atoms with van der Waals surface area (Å²) in [5, 5.41) is 12.1. The molecule has 90 valence electrons. The summed E-state index contributed by atoms with van der Waals surface area (Å²) in [7, 11) is 4.24. The molecule has 1 unspecified atom stereocenters. The Balaban J connectivity index is 2.03. The first-order chi connectivity index (χ1) is 7.22. The van der Waals surface area contributed by atoms with E-state index in [0.717, 1.165) is 13.1 Å². The Kier molecular flexibility index (Phi) is 6.17. The minimum atomic E-state index is 0.247. The molecule has 15 heavy (non-hydrogen) atoms. The maximum Gasteiger partial charge on any atom is 0.0556 e. The van der Waals surface area contributed by atoms with Crippen molar-refractivity contribution in [2.75, 3.05) is 53.4 Å². The molecule has 1 fully saturated rings. The summed E-state index contributed by atoms with van der Waals surface area (Å²) in [5.74, 6) is 0. The van der Waals surface area contributed by atoms with Crippen molar-refractivity contribution >= 4 is 0 Å². The molecule has 2 N–H and O–H groups in total. The van der Waals surface area contributed by atoms with Crippen molar-refractivity contribution in [2.45, 2.75) is 18.9 Å². The summed E-state index contributed by atoms with van der Waals surface area (Å²) in [6, 6.07) is 0.594. The molecule has 1 atom stereocenters. The van der Waals surface area contributed by atoms with Crippen molar-refractivity contribution in [1.29, 1.82) is 0 Å². The third-order valence-corrected chi connectivity index (χ3v) is 2.90. The Labute approximate surface area is 93.2 Å². The van der Waals surface area contributed by atoms with Gasteiger partial charge < -0.3 is 20.2 Å². The van der Waals surface area contributed by atoms with Gasteiger partial charge in [0, 0.05) is 19.1 Å². The Morgan fingerprint density at radius 2 is 2.27 bits per heavy atom. The highest BCUT2D eigenvalue weighted by atomic mass is 16.3. The van der Waals surface area contributed by atoms with Crippen molar-refractivity contribution in [1.82, 2.24) is 15.1 Å². The fourth-order valence-electron chi connectivity index (χ4n) is 2.08. The molecule has 1 rings (SSSR count). The number of aliphatic hydroxyl groups is 1. The molecule has 0 aromatic rings. The van der Waals surface area contributed by atoms with E-state index in [9.17, 15) is 0 Å². The molecule has 0 aromatic heterocycles. The fourth-order valence-corrected chi connectivity index (χ4v) is 2.08. The molecule has 0 bridgehead atoms. The Hall–Kier alpha value is -0.160. The van der Waals surface area contributed by atoms with E-state index in [1.807, 2.05) is 0 Å². The van der Waals surface area contributed by atoms with Crippen molar-refractivity contribution in [3.05, 3.63) is 0 Å². The third-order valence-electron chi connectivity index (χ3n) is 2.90. The standard InChI is InChI=1S/C11H25N3O/c1-13(2)6-3-7-14-8-4-11(10-14)12-5-9-15/h11-12,15H,3-10H2,1-2H3. The average Bonchev–Trinajstić information content (AvgIpc) is 2.62. The predicted octanol–water partition coefficient (Wildman–Crippen LogP) is -0.406. The molecule has 0 aromatic carbocycles. The maximum atomic E-state index is 8.71. The van der Waals surface area contributed by atoms with Gasteiger partial charge in [-0.1, -0.05) is 0 Å². The highest BCUT2D eigenvalue weighted by Gasteiger charge is 2.20. The smallest absolute Gasteiger partial charge is 0.0556 e. The molecule has 0 spiro atoms. The van der Waals surface area contributed by atoms with Crippen LogP contribution in [0.1, 0.15) is 12.8 Å². The zero-order valence-corrected chi connectivity index (χ0v) is 10.1. The van der Waals surface area contributed by atoms with Gasteiger partial charge >= 0.3 is 0 Å². The second-order valence-electron chi connectivity index (χ2n) is 4.62. The second-order valence-corrected chi connectivity index (χ2v) is 4.62. The summed E-state index contributed by atoms with van der Waals surface area (Å²) >= 11 is 0. The first-order valence-electron chi connectivity index (χ1n) is 5.93. The van der Waals surface area contributed by atoms with E-state index in [1.54, 1.807) is 0 Å². The van der Waals surface area contributed by atoms with Crippen LogP contribution in [0.5, 0.6) is 0 Å². The molecule has 4 nitrogen and oxygen atoms in total. The predicted molar refractivity (Wildman–Crippen MR) is 63.1 cm³/mol. The molecule has 0 saturated carbocycles. The fraction of sp³-hybridized carbons (Fsp3) is 1.00. The SMILES string of the molecule is CN(C)CCCN1CCC(NCCO)C1. The molecule has 1 aliphatic rings. The summed E-state index contributed by atoms with van der Waals surface area (Å²) in [6.07, 6.45) is 2.47. The van der Waals surface area contributed by atoms with Gasteiger partial charge in [0.15, 0.2) is 0 Å². The Bertz CT molecular complexity index is 164. The van der Waals surface area contributed by atoms with Gasteiger partial charge in [0.05, 0.1) is 6.61 Å². The number of hydrogen-bond donors (Lipinski definition) is 2. The minimum absolute atomic E-state index is 0.247. The molecule has 0 radical (unpaired) electrons. The van der Waals surface area contributed by atoms with E-state index >= 15 is 0 Å². The van der Waals surface area contributed by atoms with Crippen LogP contribution in [0.25, 0.3) is 0 Å². The average molecular weight is 215 g/mol. The normalized spacial score (nSPS) is 22.8. The lowest BCUT2D eigenvalue weighted by Gasteiger charge is -2.17. The van der Waals surface area contributed by atoms with Gasteiger partial charge in [-0.15, -0.1) is 0 Å². The number of nitrogens with one attached hydrogen (secondary N) is 1. The van der Waals surface area contributed by atoms with Crippen LogP contribution in [0.4, 0.5) is 0 Å². The van der Waals surface area contributed by atoms with Crippen LogP contribution < -0.4 is 5.32 Å². The molecular formula is C11H25N3O. The molecule has 4 heteroatoms. The Morgan fingerprint density at radius 3 is 2.93 bits per heavy atom. The van der Waals surface area contributed by atoms with Gasteiger partial charge in [-0.25, -0.2) is 0 Å². The zero-order valence-electron chi connectivity index (χ0n) is 10.1. The monoisotopic (exact) mass is 215 g/mol. The molecule has 0 aliphatic carbocycles. The van der Waals surface area contributed by atoms with Gasteiger partial charge in [-0.2, -0.15) is 0 Å². The van der Waals surface area contributed by atoms with Crippen molar-refractivity contribution in [3.63, 3.8) is 0 Å². The van der Waals surface area contributed by atoms with Crippen LogP contribution in [0.15, 0.2) is 0 Å². The van der Waals surface area contributed by atoms with Gasteiger partial charge in [0.25, 0.3) is 0 Å². The van der Waals surface area contributed by atoms with E-state index in [2.05, 4.69) is 29.2 Å². The molecule has 0 amide bonds. The van der Waals surface area contributed by atoms with Crippen molar-refractivity contribution in [2.24, 2.45) is 0 Å². The minimum Gasteiger partial charge on any atom is -0.395 e. The van der Waals surface area contributed by atoms with Crippen LogP contribution in [0.2, 0.25) is 0 Å². The number of likely N-dealkylation sites (tertiary alicyclic amines) is 1. The first kappa shape index (κ1) is 12.9. The van der Waals surface area contributed by atoms with Crippen LogP contribution in [-0.4, -0.2) is 74.4 Å². The van der Waals surface area contributed by atoms with Gasteiger partial charge in [-0.3, -0.25) is 0 Å². The zero-order chi connectivity index (χ0) is 11.1. The van der Waals surface area contributed by atoms with Crippen LogP contribution in [-0.2, 0) is 0 Å². The van der Waals surface area contributed by atoms with Crippen molar-refractivity contribution in [3.8, 4) is 0 Å². The van der Waals surface area contributed by atoms with E-state index in [4.69, 9.17) is 5.11 Å². The highest BCUT2D eigenvalue weighted by Crippen LogP contribution is 2.09. The lowest BCUT2D eigenvalue weighted by molar-refractivity contribution is 0.275.